The number of hydrogen-bond acceptors (Lipinski definition) is 3. The molecule has 12 heavy (non-hydrogen) atoms. The van der Waals surface area contributed by atoms with E-state index in [1.165, 1.54) is 24.3 Å². The molecule has 1 amide bonds. The van der Waals surface area contributed by atoms with Gasteiger partial charge in [-0.1, -0.05) is 0 Å². The van der Waals surface area contributed by atoms with Gasteiger partial charge in [-0.2, -0.15) is 4.99 Å². The van der Waals surface area contributed by atoms with E-state index >= 15 is 0 Å². The molecule has 0 unspecified atom stereocenters. The van der Waals surface area contributed by atoms with Gasteiger partial charge >= 0.3 is 0 Å². The van der Waals surface area contributed by atoms with Crippen LogP contribution in [-0.2, 0) is 0 Å². The molecule has 0 saturated carbocycles. The van der Waals surface area contributed by atoms with Crippen LogP contribution in [0.25, 0.3) is 0 Å². The lowest BCUT2D eigenvalue weighted by Gasteiger charge is -1.93. The molecule has 0 saturated heterocycles. The minimum atomic E-state index is -0.454. The van der Waals surface area contributed by atoms with Crippen LogP contribution in [0.3, 0.4) is 0 Å². The number of rotatable bonds is 1. The highest BCUT2D eigenvalue weighted by atomic mass is 32.1. The average Bonchev–Trinajstić information content (AvgIpc) is 2.06. The summed E-state index contributed by atoms with van der Waals surface area (Å²) in [7, 11) is 0. The van der Waals surface area contributed by atoms with E-state index in [0.29, 0.717) is 5.56 Å². The van der Waals surface area contributed by atoms with Crippen LogP contribution in [0.1, 0.15) is 10.4 Å². The summed E-state index contributed by atoms with van der Waals surface area (Å²) in [4.78, 5) is 14.2. The first-order chi connectivity index (χ1) is 5.74. The van der Waals surface area contributed by atoms with Gasteiger partial charge in [0.2, 0.25) is 0 Å². The highest BCUT2D eigenvalue weighted by Gasteiger charge is 2.01. The van der Waals surface area contributed by atoms with E-state index in [4.69, 9.17) is 5.11 Å². The predicted octanol–water partition coefficient (Wildman–Crippen LogP) is 1.64. The Morgan fingerprint density at radius 3 is 2.50 bits per heavy atom. The van der Waals surface area contributed by atoms with Crippen LogP contribution in [0.15, 0.2) is 29.3 Å². The van der Waals surface area contributed by atoms with Crippen molar-refractivity contribution in [2.75, 3.05) is 0 Å². The van der Waals surface area contributed by atoms with Crippen molar-refractivity contribution in [2.45, 2.75) is 0 Å². The highest BCUT2D eigenvalue weighted by molar-refractivity contribution is 7.78. The Bertz CT molecular complexity index is 339. The quantitative estimate of drug-likeness (QED) is 0.526. The molecule has 3 nitrogen and oxygen atoms in total. The third kappa shape index (κ3) is 1.99. The first kappa shape index (κ1) is 8.59. The van der Waals surface area contributed by atoms with Gasteiger partial charge in [0.05, 0.1) is 5.16 Å². The first-order valence-corrected chi connectivity index (χ1v) is 3.56. The maximum absolute atomic E-state index is 11.0. The Kier molecular flexibility index (Phi) is 2.69. The Labute approximate surface area is 74.4 Å². The number of carbonyl (C=O) groups excluding carboxylic acids is 1. The molecular formula is C8H5NO2S. The van der Waals surface area contributed by atoms with Crippen molar-refractivity contribution in [3.63, 3.8) is 0 Å². The van der Waals surface area contributed by atoms with Crippen molar-refractivity contribution in [2.24, 2.45) is 4.99 Å². The van der Waals surface area contributed by atoms with Gasteiger partial charge in [0.1, 0.15) is 5.75 Å². The van der Waals surface area contributed by atoms with Gasteiger partial charge in [0.15, 0.2) is 0 Å². The number of benzene rings is 1. The highest BCUT2D eigenvalue weighted by Crippen LogP contribution is 2.09. The molecule has 0 fully saturated rings. The van der Waals surface area contributed by atoms with E-state index in [9.17, 15) is 4.79 Å². The molecule has 0 atom stereocenters. The molecule has 4 heteroatoms. The smallest absolute Gasteiger partial charge is 0.285 e. The van der Waals surface area contributed by atoms with E-state index in [1.54, 1.807) is 0 Å². The standard InChI is InChI=1S/C8H5NO2S/c10-7-3-1-6(2-4-7)8(11)9-5-12/h1-4,10H. The van der Waals surface area contributed by atoms with Gasteiger partial charge in [-0.05, 0) is 36.5 Å². The third-order valence-corrected chi connectivity index (χ3v) is 1.35. The van der Waals surface area contributed by atoms with Gasteiger partial charge in [-0.15, -0.1) is 0 Å². The van der Waals surface area contributed by atoms with Gasteiger partial charge in [-0.3, -0.25) is 4.79 Å². The van der Waals surface area contributed by atoms with Crippen LogP contribution in [0, 0.1) is 0 Å². The van der Waals surface area contributed by atoms with Gasteiger partial charge in [0.25, 0.3) is 5.91 Å². The number of carbonyl (C=O) groups is 1. The van der Waals surface area contributed by atoms with Crippen LogP contribution in [0.5, 0.6) is 5.75 Å². The zero-order chi connectivity index (χ0) is 8.97. The molecule has 1 aromatic carbocycles. The molecule has 0 aromatic heterocycles. The summed E-state index contributed by atoms with van der Waals surface area (Å²) in [6, 6.07) is 5.75. The summed E-state index contributed by atoms with van der Waals surface area (Å²) in [5, 5.41) is 10.9. The monoisotopic (exact) mass is 179 g/mol. The number of aromatic hydroxyl groups is 1. The fraction of sp³-hybridized carbons (Fsp3) is 0. The second-order valence-electron chi connectivity index (χ2n) is 2.06. The Morgan fingerprint density at radius 1 is 1.42 bits per heavy atom. The van der Waals surface area contributed by atoms with E-state index in [2.05, 4.69) is 17.2 Å². The van der Waals surface area contributed by atoms with Gasteiger partial charge in [-0.25, -0.2) is 0 Å². The molecule has 0 bridgehead atoms. The Morgan fingerprint density at radius 2 is 2.00 bits per heavy atom. The van der Waals surface area contributed by atoms with Crippen molar-refractivity contribution < 1.29 is 9.90 Å². The number of isothiocyanates is 1. The summed E-state index contributed by atoms with van der Waals surface area (Å²) in [5.41, 5.74) is 0.380. The minimum Gasteiger partial charge on any atom is -0.508 e. The van der Waals surface area contributed by atoms with E-state index < -0.39 is 5.91 Å². The van der Waals surface area contributed by atoms with Crippen LogP contribution in [0.4, 0.5) is 0 Å². The van der Waals surface area contributed by atoms with Crippen molar-refractivity contribution in [1.29, 1.82) is 0 Å². The average molecular weight is 179 g/mol. The summed E-state index contributed by atoms with van der Waals surface area (Å²) in [5.74, 6) is -0.345. The first-order valence-electron chi connectivity index (χ1n) is 3.15. The van der Waals surface area contributed by atoms with Crippen LogP contribution in [0.2, 0.25) is 0 Å². The van der Waals surface area contributed by atoms with Crippen LogP contribution < -0.4 is 0 Å². The van der Waals surface area contributed by atoms with Crippen LogP contribution in [-0.4, -0.2) is 16.2 Å². The summed E-state index contributed by atoms with van der Waals surface area (Å²) >= 11 is 4.27. The van der Waals surface area contributed by atoms with E-state index in [1.807, 2.05) is 5.16 Å². The van der Waals surface area contributed by atoms with Gasteiger partial charge in [0, 0.05) is 5.56 Å². The van der Waals surface area contributed by atoms with Crippen molar-refractivity contribution >= 4 is 23.3 Å². The zero-order valence-electron chi connectivity index (χ0n) is 6.02. The Balaban J connectivity index is 2.97. The molecule has 0 radical (unpaired) electrons. The summed E-state index contributed by atoms with van der Waals surface area (Å²) < 4.78 is 0. The molecule has 0 spiro atoms. The second-order valence-corrected chi connectivity index (χ2v) is 2.24. The Hall–Kier alpha value is -1.51. The van der Waals surface area contributed by atoms with E-state index in [0.717, 1.165) is 0 Å². The molecular weight excluding hydrogens is 174 g/mol. The van der Waals surface area contributed by atoms with Crippen molar-refractivity contribution in [3.8, 4) is 5.75 Å². The third-order valence-electron chi connectivity index (χ3n) is 1.26. The topological polar surface area (TPSA) is 49.7 Å². The lowest BCUT2D eigenvalue weighted by molar-refractivity contribution is 0.100. The number of phenolic OH excluding ortho intramolecular Hbond substituents is 1. The van der Waals surface area contributed by atoms with Crippen molar-refractivity contribution in [1.82, 2.24) is 0 Å². The number of thiocarbonyl (C=S) groups is 1. The van der Waals surface area contributed by atoms with Gasteiger partial charge < -0.3 is 5.11 Å². The zero-order valence-corrected chi connectivity index (χ0v) is 6.84. The predicted molar refractivity (Wildman–Crippen MR) is 47.5 cm³/mol. The lowest BCUT2D eigenvalue weighted by atomic mass is 10.2. The summed E-state index contributed by atoms with van der Waals surface area (Å²) in [6.07, 6.45) is 0. The number of hydrogen-bond donors (Lipinski definition) is 1. The number of phenols is 1. The minimum absolute atomic E-state index is 0.109. The van der Waals surface area contributed by atoms with Crippen molar-refractivity contribution in [3.05, 3.63) is 29.8 Å². The molecule has 0 aliphatic heterocycles. The molecule has 1 aromatic rings. The fourth-order valence-corrected chi connectivity index (χ4v) is 0.793. The molecule has 0 heterocycles. The number of amides is 1. The molecule has 60 valence electrons. The molecule has 0 aliphatic rings. The molecule has 1 rings (SSSR count). The lowest BCUT2D eigenvalue weighted by Crippen LogP contribution is -1.92. The molecule has 1 N–H and O–H groups in total. The largest absolute Gasteiger partial charge is 0.508 e. The second kappa shape index (κ2) is 3.76. The van der Waals surface area contributed by atoms with E-state index in [-0.39, 0.29) is 5.75 Å². The van der Waals surface area contributed by atoms with Crippen LogP contribution >= 0.6 is 12.2 Å². The maximum atomic E-state index is 11.0. The normalized spacial score (nSPS) is 8.67. The SMILES string of the molecule is O=C(N=C=S)c1ccc(O)cc1. The summed E-state index contributed by atoms with van der Waals surface area (Å²) in [6.45, 7) is 0. The fourth-order valence-electron chi connectivity index (χ4n) is 0.710. The maximum Gasteiger partial charge on any atom is 0.285 e. The number of aliphatic imine (C=N–C) groups is 1. The molecule has 0 aliphatic carbocycles. The number of nitrogens with zero attached hydrogens (tertiary/aromatic N) is 1.